The Morgan fingerprint density at radius 1 is 0.556 bits per heavy atom. The van der Waals surface area contributed by atoms with Gasteiger partial charge in [0.2, 0.25) is 0 Å². The third kappa shape index (κ3) is 2.81. The Labute approximate surface area is 211 Å². The molecule has 2 aromatic heterocycles. The average Bonchev–Trinajstić information content (AvgIpc) is 3.53. The smallest absolute Gasteiger partial charge is 0.124 e. The Kier molecular flexibility index (Phi) is 4.13. The van der Waals surface area contributed by atoms with E-state index in [9.17, 15) is 0 Å². The molecule has 6 aromatic carbocycles. The second-order valence-electron chi connectivity index (χ2n) is 9.24. The fourth-order valence-corrected chi connectivity index (χ4v) is 6.55. The second-order valence-corrected chi connectivity index (χ2v) is 10.3. The summed E-state index contributed by atoms with van der Waals surface area (Å²) in [7, 11) is 0. The molecule has 168 valence electrons. The Morgan fingerprint density at radius 2 is 1.22 bits per heavy atom. The summed E-state index contributed by atoms with van der Waals surface area (Å²) in [5, 5.41) is 8.56. The predicted molar refractivity (Wildman–Crippen MR) is 154 cm³/mol. The second kappa shape index (κ2) is 7.51. The summed E-state index contributed by atoms with van der Waals surface area (Å²) in [6.45, 7) is 0. The van der Waals surface area contributed by atoms with E-state index in [2.05, 4.69) is 126 Å². The van der Waals surface area contributed by atoms with Crippen LogP contribution < -0.4 is 0 Å². The number of para-hydroxylation sites is 2. The minimum Gasteiger partial charge on any atom is -0.309 e. The minimum absolute atomic E-state index is 1.07. The third-order valence-corrected chi connectivity index (χ3v) is 8.27. The van der Waals surface area contributed by atoms with E-state index in [1.807, 2.05) is 0 Å². The highest BCUT2D eigenvalue weighted by Gasteiger charge is 2.14. The molecule has 0 radical (unpaired) electrons. The van der Waals surface area contributed by atoms with Gasteiger partial charge < -0.3 is 4.57 Å². The Morgan fingerprint density at radius 3 is 2.00 bits per heavy atom. The van der Waals surface area contributed by atoms with Crippen molar-refractivity contribution in [2.45, 2.75) is 0 Å². The maximum atomic E-state index is 5.13. The van der Waals surface area contributed by atoms with Crippen molar-refractivity contribution in [2.24, 2.45) is 0 Å². The van der Waals surface area contributed by atoms with Gasteiger partial charge in [0.25, 0.3) is 0 Å². The van der Waals surface area contributed by atoms with Crippen LogP contribution in [0.1, 0.15) is 0 Å². The molecule has 36 heavy (non-hydrogen) atoms. The predicted octanol–water partition coefficient (Wildman–Crippen LogP) is 9.37. The molecule has 0 spiro atoms. The molecule has 0 aliphatic carbocycles. The Hall–Kier alpha value is -4.47. The lowest BCUT2D eigenvalue weighted by Crippen LogP contribution is -1.93. The van der Waals surface area contributed by atoms with Gasteiger partial charge in [-0.05, 0) is 46.5 Å². The molecular formula is C33H20N2S. The van der Waals surface area contributed by atoms with Crippen molar-refractivity contribution in [3.05, 3.63) is 121 Å². The maximum Gasteiger partial charge on any atom is 0.124 e. The molecule has 8 rings (SSSR count). The zero-order valence-corrected chi connectivity index (χ0v) is 20.2. The lowest BCUT2D eigenvalue weighted by molar-refractivity contribution is 1.19. The van der Waals surface area contributed by atoms with Gasteiger partial charge in [-0.2, -0.15) is 0 Å². The third-order valence-electron chi connectivity index (χ3n) is 7.20. The van der Waals surface area contributed by atoms with E-state index in [0.29, 0.717) is 0 Å². The van der Waals surface area contributed by atoms with Gasteiger partial charge in [-0.3, -0.25) is 0 Å². The van der Waals surface area contributed by atoms with Crippen molar-refractivity contribution in [3.8, 4) is 16.3 Å². The molecule has 8 aromatic rings. The largest absolute Gasteiger partial charge is 0.309 e. The zero-order chi connectivity index (χ0) is 23.6. The summed E-state index contributed by atoms with van der Waals surface area (Å²) in [6, 6.07) is 43.6. The molecule has 0 amide bonds. The fourth-order valence-electron chi connectivity index (χ4n) is 5.57. The van der Waals surface area contributed by atoms with Crippen LogP contribution in [0.15, 0.2) is 121 Å². The van der Waals surface area contributed by atoms with Crippen LogP contribution in [0.25, 0.3) is 69.8 Å². The van der Waals surface area contributed by atoms with E-state index in [1.54, 1.807) is 11.3 Å². The van der Waals surface area contributed by atoms with Gasteiger partial charge in [0.1, 0.15) is 5.01 Å². The first-order valence-corrected chi connectivity index (χ1v) is 13.0. The first kappa shape index (κ1) is 19.8. The summed E-state index contributed by atoms with van der Waals surface area (Å²) in [6.07, 6.45) is 0. The number of rotatable bonds is 2. The van der Waals surface area contributed by atoms with E-state index in [4.69, 9.17) is 4.98 Å². The molecule has 0 saturated carbocycles. The van der Waals surface area contributed by atoms with Crippen LogP contribution in [0.2, 0.25) is 0 Å². The van der Waals surface area contributed by atoms with Crippen LogP contribution in [0, 0.1) is 0 Å². The van der Waals surface area contributed by atoms with E-state index in [0.717, 1.165) is 10.5 Å². The minimum atomic E-state index is 1.07. The monoisotopic (exact) mass is 476 g/mol. The van der Waals surface area contributed by atoms with E-state index < -0.39 is 0 Å². The molecule has 0 N–H and O–H groups in total. The average molecular weight is 477 g/mol. The number of fused-ring (bicyclic) bond motifs is 8. The molecule has 0 bridgehead atoms. The van der Waals surface area contributed by atoms with Gasteiger partial charge in [0.15, 0.2) is 0 Å². The summed E-state index contributed by atoms with van der Waals surface area (Å²) < 4.78 is 3.60. The summed E-state index contributed by atoms with van der Waals surface area (Å²) in [5.41, 5.74) is 5.89. The number of nitrogens with zero attached hydrogens (tertiary/aromatic N) is 2. The number of benzene rings is 6. The van der Waals surface area contributed by atoms with Gasteiger partial charge in [0.05, 0.1) is 21.3 Å². The Bertz CT molecular complexity index is 2040. The molecule has 0 aliphatic rings. The lowest BCUT2D eigenvalue weighted by atomic mass is 10.0. The van der Waals surface area contributed by atoms with Crippen LogP contribution in [0.4, 0.5) is 0 Å². The molecule has 0 fully saturated rings. The number of hydrogen-bond donors (Lipinski definition) is 0. The van der Waals surface area contributed by atoms with Crippen molar-refractivity contribution in [3.63, 3.8) is 0 Å². The van der Waals surface area contributed by atoms with Crippen molar-refractivity contribution >= 4 is 64.9 Å². The van der Waals surface area contributed by atoms with E-state index in [-0.39, 0.29) is 0 Å². The van der Waals surface area contributed by atoms with Crippen molar-refractivity contribution < 1.29 is 0 Å². The SMILES string of the molecule is c1ccc(-c2nc3c(ccc4ccc5cc(-n6c7ccccc7c7ccccc76)ccc5c43)s2)cc1. The highest BCUT2D eigenvalue weighted by atomic mass is 32.1. The van der Waals surface area contributed by atoms with Gasteiger partial charge in [0, 0.05) is 27.4 Å². The highest BCUT2D eigenvalue weighted by Crippen LogP contribution is 2.39. The van der Waals surface area contributed by atoms with Gasteiger partial charge in [-0.25, -0.2) is 4.98 Å². The first-order valence-electron chi connectivity index (χ1n) is 12.2. The first-order chi connectivity index (χ1) is 17.8. The van der Waals surface area contributed by atoms with Crippen molar-refractivity contribution in [1.29, 1.82) is 0 Å². The van der Waals surface area contributed by atoms with Crippen molar-refractivity contribution in [1.82, 2.24) is 9.55 Å². The summed E-state index contributed by atoms with van der Waals surface area (Å²) >= 11 is 1.76. The standard InChI is InChI=1S/C33H20N2S/c1-2-8-22(9-3-1)33-34-32-30(36-33)19-16-21-14-15-23-20-24(17-18-25(23)31(21)32)35-28-12-6-4-10-26(28)27-11-5-7-13-29(27)35/h1-20H. The molecule has 0 unspecified atom stereocenters. The maximum absolute atomic E-state index is 5.13. The topological polar surface area (TPSA) is 17.8 Å². The van der Waals surface area contributed by atoms with Gasteiger partial charge >= 0.3 is 0 Å². The van der Waals surface area contributed by atoms with Crippen LogP contribution in [-0.4, -0.2) is 9.55 Å². The molecule has 0 atom stereocenters. The molecule has 0 saturated heterocycles. The van der Waals surface area contributed by atoms with Gasteiger partial charge in [-0.15, -0.1) is 11.3 Å². The quantitative estimate of drug-likeness (QED) is 0.227. The number of hydrogen-bond acceptors (Lipinski definition) is 2. The molecule has 2 heterocycles. The van der Waals surface area contributed by atoms with E-state index in [1.165, 1.54) is 59.3 Å². The van der Waals surface area contributed by atoms with Crippen LogP contribution in [0.3, 0.4) is 0 Å². The Balaban J connectivity index is 1.40. The summed E-state index contributed by atoms with van der Waals surface area (Å²) in [4.78, 5) is 5.13. The normalized spacial score (nSPS) is 11.9. The molecule has 3 heteroatoms. The molecular weight excluding hydrogens is 456 g/mol. The van der Waals surface area contributed by atoms with Crippen molar-refractivity contribution in [2.75, 3.05) is 0 Å². The molecule has 0 aliphatic heterocycles. The number of aromatic nitrogens is 2. The van der Waals surface area contributed by atoms with Crippen LogP contribution >= 0.6 is 11.3 Å². The van der Waals surface area contributed by atoms with Crippen LogP contribution in [-0.2, 0) is 0 Å². The van der Waals surface area contributed by atoms with Crippen LogP contribution in [0.5, 0.6) is 0 Å². The summed E-state index contributed by atoms with van der Waals surface area (Å²) in [5.74, 6) is 0. The molecule has 2 nitrogen and oxygen atoms in total. The zero-order valence-electron chi connectivity index (χ0n) is 19.3. The lowest BCUT2D eigenvalue weighted by Gasteiger charge is -2.11. The van der Waals surface area contributed by atoms with E-state index >= 15 is 0 Å². The van der Waals surface area contributed by atoms with Gasteiger partial charge in [-0.1, -0.05) is 91.0 Å². The number of thiazole rings is 1. The fraction of sp³-hybridized carbons (Fsp3) is 0. The highest BCUT2D eigenvalue weighted by molar-refractivity contribution is 7.21.